The second-order valence-electron chi connectivity index (χ2n) is 6.59. The number of carbonyl (C=O) groups excluding carboxylic acids is 2. The Morgan fingerprint density at radius 3 is 2.31 bits per heavy atom. The van der Waals surface area contributed by atoms with Crippen molar-refractivity contribution in [3.63, 3.8) is 0 Å². The zero-order chi connectivity index (χ0) is 20.8. The minimum Gasteiger partial charge on any atom is -0.493 e. The van der Waals surface area contributed by atoms with Crippen molar-refractivity contribution in [2.24, 2.45) is 0 Å². The lowest BCUT2D eigenvalue weighted by Gasteiger charge is -2.31. The molecule has 0 aliphatic carbocycles. The normalized spacial score (nSPS) is 18.5. The number of hydrogen-bond donors (Lipinski definition) is 3. The van der Waals surface area contributed by atoms with E-state index in [0.29, 0.717) is 17.2 Å². The third kappa shape index (κ3) is 4.78. The van der Waals surface area contributed by atoms with Crippen molar-refractivity contribution in [1.29, 1.82) is 0 Å². The molecule has 2 amide bonds. The average Bonchev–Trinajstić information content (AvgIpc) is 2.76. The molecule has 8 nitrogen and oxygen atoms in total. The summed E-state index contributed by atoms with van der Waals surface area (Å²) >= 11 is 0. The zero-order valence-electron chi connectivity index (χ0n) is 16.7. The first-order valence-corrected chi connectivity index (χ1v) is 9.22. The Hall–Kier alpha value is -3.26. The maximum absolute atomic E-state index is 12.7. The van der Waals surface area contributed by atoms with Crippen LogP contribution in [0.2, 0.25) is 0 Å². The molecule has 1 aliphatic rings. The van der Waals surface area contributed by atoms with Crippen LogP contribution >= 0.6 is 0 Å². The average molecular weight is 399 g/mol. The van der Waals surface area contributed by atoms with Gasteiger partial charge in [0.15, 0.2) is 11.5 Å². The highest BCUT2D eigenvalue weighted by atomic mass is 16.5. The maximum atomic E-state index is 12.7. The fraction of sp³-hybridized carbons (Fsp3) is 0.333. The number of hydrogen-bond acceptors (Lipinski definition) is 6. The molecule has 0 saturated carbocycles. The van der Waals surface area contributed by atoms with Crippen molar-refractivity contribution < 1.29 is 23.8 Å². The van der Waals surface area contributed by atoms with Crippen molar-refractivity contribution in [2.75, 3.05) is 21.3 Å². The van der Waals surface area contributed by atoms with Gasteiger partial charge in [0.05, 0.1) is 33.8 Å². The lowest BCUT2D eigenvalue weighted by atomic mass is 10.1. The van der Waals surface area contributed by atoms with Gasteiger partial charge in [-0.3, -0.25) is 14.9 Å². The highest BCUT2D eigenvalue weighted by Crippen LogP contribution is 2.38. The molecule has 2 atom stereocenters. The molecule has 29 heavy (non-hydrogen) atoms. The van der Waals surface area contributed by atoms with Crippen LogP contribution < -0.4 is 30.2 Å². The Bertz CT molecular complexity index is 847. The summed E-state index contributed by atoms with van der Waals surface area (Å²) in [6, 6.07) is 12.4. The van der Waals surface area contributed by atoms with Crippen molar-refractivity contribution in [2.45, 2.75) is 25.2 Å². The SMILES string of the molecule is COc1cc(CNC(=O)C2CC(=O)NC(c3ccccc3)N2)cc(OC)c1OC. The molecular weight excluding hydrogens is 374 g/mol. The molecule has 0 radical (unpaired) electrons. The standard InChI is InChI=1S/C21H25N3O5/c1-27-16-9-13(10-17(28-2)19(16)29-3)12-22-21(26)15-11-18(25)24-20(23-15)14-7-5-4-6-8-14/h4-10,15,20,23H,11-12H2,1-3H3,(H,22,26)(H,24,25). The highest BCUT2D eigenvalue weighted by molar-refractivity contribution is 5.89. The summed E-state index contributed by atoms with van der Waals surface area (Å²) in [4.78, 5) is 24.8. The number of carbonyl (C=O) groups is 2. The Kier molecular flexibility index (Phi) is 6.56. The number of ether oxygens (including phenoxy) is 3. The summed E-state index contributed by atoms with van der Waals surface area (Å²) in [5, 5.41) is 8.91. The summed E-state index contributed by atoms with van der Waals surface area (Å²) in [6.07, 6.45) is -0.334. The van der Waals surface area contributed by atoms with Crippen molar-refractivity contribution in [3.05, 3.63) is 53.6 Å². The van der Waals surface area contributed by atoms with Crippen molar-refractivity contribution in [3.8, 4) is 17.2 Å². The predicted molar refractivity (Wildman–Crippen MR) is 107 cm³/mol. The Balaban J connectivity index is 1.68. The van der Waals surface area contributed by atoms with Crippen LogP contribution in [0.1, 0.15) is 23.7 Å². The lowest BCUT2D eigenvalue weighted by molar-refractivity contribution is -0.132. The maximum Gasteiger partial charge on any atom is 0.238 e. The minimum atomic E-state index is -0.629. The van der Waals surface area contributed by atoms with Gasteiger partial charge in [-0.25, -0.2) is 0 Å². The molecule has 2 unspecified atom stereocenters. The Morgan fingerprint density at radius 1 is 1.07 bits per heavy atom. The van der Waals surface area contributed by atoms with Gasteiger partial charge in [-0.05, 0) is 23.3 Å². The molecule has 3 rings (SSSR count). The van der Waals surface area contributed by atoms with Crippen molar-refractivity contribution >= 4 is 11.8 Å². The molecule has 0 aromatic heterocycles. The van der Waals surface area contributed by atoms with E-state index in [1.807, 2.05) is 30.3 Å². The van der Waals surface area contributed by atoms with E-state index in [1.165, 1.54) is 21.3 Å². The summed E-state index contributed by atoms with van der Waals surface area (Å²) in [6.45, 7) is 0.255. The van der Waals surface area contributed by atoms with E-state index in [9.17, 15) is 9.59 Å². The predicted octanol–water partition coefficient (Wildman–Crippen LogP) is 1.51. The fourth-order valence-electron chi connectivity index (χ4n) is 3.25. The fourth-order valence-corrected chi connectivity index (χ4v) is 3.25. The van der Waals surface area contributed by atoms with Crippen LogP contribution in [-0.2, 0) is 16.1 Å². The molecule has 1 heterocycles. The van der Waals surface area contributed by atoms with Crippen LogP contribution in [0.25, 0.3) is 0 Å². The van der Waals surface area contributed by atoms with E-state index in [2.05, 4.69) is 16.0 Å². The second-order valence-corrected chi connectivity index (χ2v) is 6.59. The minimum absolute atomic E-state index is 0.0738. The van der Waals surface area contributed by atoms with E-state index in [4.69, 9.17) is 14.2 Å². The molecule has 8 heteroatoms. The topological polar surface area (TPSA) is 97.9 Å². The van der Waals surface area contributed by atoms with E-state index >= 15 is 0 Å². The number of nitrogens with one attached hydrogen (secondary N) is 3. The number of benzene rings is 2. The Morgan fingerprint density at radius 2 is 1.72 bits per heavy atom. The first-order chi connectivity index (χ1) is 14.0. The number of methoxy groups -OCH3 is 3. The molecule has 154 valence electrons. The molecule has 1 aliphatic heterocycles. The van der Waals surface area contributed by atoms with E-state index in [1.54, 1.807) is 12.1 Å². The van der Waals surface area contributed by atoms with E-state index in [0.717, 1.165) is 11.1 Å². The molecule has 2 aromatic carbocycles. The first kappa shape index (κ1) is 20.5. The van der Waals surface area contributed by atoms with Crippen LogP contribution in [0.4, 0.5) is 0 Å². The van der Waals surface area contributed by atoms with Crippen LogP contribution in [0.15, 0.2) is 42.5 Å². The second kappa shape index (κ2) is 9.29. The summed E-state index contributed by atoms with van der Waals surface area (Å²) in [5.41, 5.74) is 1.68. The molecule has 2 aromatic rings. The molecule has 0 spiro atoms. The molecule has 3 N–H and O–H groups in total. The van der Waals surface area contributed by atoms with Gasteiger partial charge in [0.25, 0.3) is 0 Å². The quantitative estimate of drug-likeness (QED) is 0.653. The summed E-state index contributed by atoms with van der Waals surface area (Å²) in [5.74, 6) is 1.08. The van der Waals surface area contributed by atoms with Gasteiger partial charge in [0, 0.05) is 6.54 Å². The van der Waals surface area contributed by atoms with Gasteiger partial charge in [-0.2, -0.15) is 0 Å². The first-order valence-electron chi connectivity index (χ1n) is 9.22. The van der Waals surface area contributed by atoms with Crippen LogP contribution in [0, 0.1) is 0 Å². The van der Waals surface area contributed by atoms with Crippen molar-refractivity contribution in [1.82, 2.24) is 16.0 Å². The molecular formula is C21H25N3O5. The summed E-state index contributed by atoms with van der Waals surface area (Å²) < 4.78 is 16.0. The molecule has 1 fully saturated rings. The largest absolute Gasteiger partial charge is 0.493 e. The lowest BCUT2D eigenvalue weighted by Crippen LogP contribution is -2.56. The van der Waals surface area contributed by atoms with Gasteiger partial charge in [0.1, 0.15) is 6.17 Å². The van der Waals surface area contributed by atoms with Crippen LogP contribution in [0.5, 0.6) is 17.2 Å². The van der Waals surface area contributed by atoms with E-state index < -0.39 is 12.2 Å². The van der Waals surface area contributed by atoms with Gasteiger partial charge in [-0.1, -0.05) is 30.3 Å². The summed E-state index contributed by atoms with van der Waals surface area (Å²) in [7, 11) is 4.60. The van der Waals surface area contributed by atoms with Crippen LogP contribution in [-0.4, -0.2) is 39.2 Å². The third-order valence-corrected chi connectivity index (χ3v) is 4.70. The third-order valence-electron chi connectivity index (χ3n) is 4.70. The van der Waals surface area contributed by atoms with Gasteiger partial charge < -0.3 is 24.8 Å². The van der Waals surface area contributed by atoms with Gasteiger partial charge in [-0.15, -0.1) is 0 Å². The van der Waals surface area contributed by atoms with Crippen LogP contribution in [0.3, 0.4) is 0 Å². The number of rotatable bonds is 7. The number of amides is 2. The Labute approximate surface area is 169 Å². The monoisotopic (exact) mass is 399 g/mol. The molecule has 1 saturated heterocycles. The van der Waals surface area contributed by atoms with Gasteiger partial charge >= 0.3 is 0 Å². The zero-order valence-corrected chi connectivity index (χ0v) is 16.7. The molecule has 0 bridgehead atoms. The highest BCUT2D eigenvalue weighted by Gasteiger charge is 2.31. The van der Waals surface area contributed by atoms with Gasteiger partial charge in [0.2, 0.25) is 17.6 Å². The van der Waals surface area contributed by atoms with E-state index in [-0.39, 0.29) is 24.8 Å². The smallest absolute Gasteiger partial charge is 0.238 e.